The summed E-state index contributed by atoms with van der Waals surface area (Å²) in [6.45, 7) is -0.210. The van der Waals surface area contributed by atoms with E-state index in [4.69, 9.17) is 4.42 Å². The van der Waals surface area contributed by atoms with Gasteiger partial charge in [-0.1, -0.05) is 35.1 Å². The maximum atomic E-state index is 14.8. The van der Waals surface area contributed by atoms with Gasteiger partial charge in [-0.3, -0.25) is 14.5 Å². The summed E-state index contributed by atoms with van der Waals surface area (Å²) in [6.07, 6.45) is 0.944. The summed E-state index contributed by atoms with van der Waals surface area (Å²) in [6, 6.07) is 14.8. The predicted molar refractivity (Wildman–Crippen MR) is 146 cm³/mol. The SMILES string of the molecule is CC(=O)Nc1ccc2oc(-c3cc(C(=O)N4CCN([C@@H](c5ccccc5)c5nnn(C(F)F)n5)CC4)ncc3F)nc2c1. The molecule has 0 radical (unpaired) electrons. The lowest BCUT2D eigenvalue weighted by Crippen LogP contribution is -2.50. The number of halogens is 3. The molecule has 2 amide bonds. The molecule has 1 fully saturated rings. The van der Waals surface area contributed by atoms with E-state index in [0.29, 0.717) is 29.9 Å². The number of pyridine rings is 1. The first-order valence-electron chi connectivity index (χ1n) is 13.3. The largest absolute Gasteiger partial charge is 0.436 e. The Balaban J connectivity index is 1.20. The molecule has 0 spiro atoms. The van der Waals surface area contributed by atoms with Crippen molar-refractivity contribution in [3.05, 3.63) is 83.7 Å². The molecule has 4 heterocycles. The van der Waals surface area contributed by atoms with Crippen molar-refractivity contribution in [2.75, 3.05) is 31.5 Å². The number of fused-ring (bicyclic) bond motifs is 1. The number of hydrogen-bond acceptors (Lipinski definition) is 9. The number of carbonyl (C=O) groups is 2. The average molecular weight is 592 g/mol. The van der Waals surface area contributed by atoms with Gasteiger partial charge in [-0.2, -0.15) is 8.78 Å². The summed E-state index contributed by atoms with van der Waals surface area (Å²) in [5.41, 5.74) is 2.05. The van der Waals surface area contributed by atoms with E-state index in [9.17, 15) is 22.8 Å². The third-order valence-corrected chi connectivity index (χ3v) is 6.96. The van der Waals surface area contributed by atoms with Crippen LogP contribution >= 0.6 is 0 Å². The van der Waals surface area contributed by atoms with Crippen molar-refractivity contribution >= 4 is 28.6 Å². The average Bonchev–Trinajstić information content (AvgIpc) is 3.66. The lowest BCUT2D eigenvalue weighted by atomic mass is 10.0. The zero-order valence-corrected chi connectivity index (χ0v) is 22.7. The van der Waals surface area contributed by atoms with Crippen molar-refractivity contribution < 1.29 is 27.2 Å². The molecule has 12 nitrogen and oxygen atoms in total. The molecule has 6 rings (SSSR count). The molecule has 2 aromatic carbocycles. The summed E-state index contributed by atoms with van der Waals surface area (Å²) in [5, 5.41) is 13.9. The first-order chi connectivity index (χ1) is 20.8. The second-order valence-corrected chi connectivity index (χ2v) is 9.82. The number of piperazine rings is 1. The van der Waals surface area contributed by atoms with Crippen molar-refractivity contribution in [1.82, 2.24) is 40.0 Å². The van der Waals surface area contributed by atoms with Crippen LogP contribution in [0.3, 0.4) is 0 Å². The van der Waals surface area contributed by atoms with Crippen LogP contribution in [0.2, 0.25) is 0 Å². The maximum Gasteiger partial charge on any atom is 0.350 e. The lowest BCUT2D eigenvalue weighted by Gasteiger charge is -2.38. The number of nitrogens with zero attached hydrogens (tertiary/aromatic N) is 8. The van der Waals surface area contributed by atoms with Crippen molar-refractivity contribution in [1.29, 1.82) is 0 Å². The molecule has 0 aliphatic carbocycles. The highest BCUT2D eigenvalue weighted by Gasteiger charge is 2.32. The molecule has 0 bridgehead atoms. The topological polar surface area (TPSA) is 135 Å². The normalized spacial score (nSPS) is 14.8. The Morgan fingerprint density at radius 1 is 1.02 bits per heavy atom. The van der Waals surface area contributed by atoms with Crippen molar-refractivity contribution in [2.24, 2.45) is 0 Å². The van der Waals surface area contributed by atoms with Crippen LogP contribution in [0, 0.1) is 5.82 Å². The number of alkyl halides is 2. The van der Waals surface area contributed by atoms with Crippen LogP contribution < -0.4 is 5.32 Å². The fraction of sp³-hybridized carbons (Fsp3) is 0.250. The Bertz CT molecular complexity index is 1790. The second-order valence-electron chi connectivity index (χ2n) is 9.82. The third kappa shape index (κ3) is 5.79. The molecule has 43 heavy (non-hydrogen) atoms. The van der Waals surface area contributed by atoms with Crippen LogP contribution in [0.25, 0.3) is 22.6 Å². The lowest BCUT2D eigenvalue weighted by molar-refractivity contribution is -0.114. The smallest absolute Gasteiger partial charge is 0.350 e. The van der Waals surface area contributed by atoms with Gasteiger partial charge in [0.15, 0.2) is 17.2 Å². The molecule has 1 atom stereocenters. The summed E-state index contributed by atoms with van der Waals surface area (Å²) < 4.78 is 46.9. The van der Waals surface area contributed by atoms with Crippen LogP contribution in [0.5, 0.6) is 0 Å². The standard InChI is InChI=1S/C28H24F3N9O3/c1-16(41)33-18-7-8-23-21(13-18)34-26(43-23)19-14-22(32-15-20(19)29)27(42)39-11-9-38(10-12-39)24(17-5-3-2-4-6-17)25-35-37-40(36-25)28(30)31/h2-8,13-15,24,28H,9-12H2,1H3,(H,33,41)/t24-/m0/s1. The number of amides is 2. The number of oxazole rings is 1. The van der Waals surface area contributed by atoms with Gasteiger partial charge in [0.25, 0.3) is 5.91 Å². The van der Waals surface area contributed by atoms with Crippen LogP contribution in [-0.2, 0) is 4.79 Å². The van der Waals surface area contributed by atoms with E-state index in [1.165, 1.54) is 13.0 Å². The van der Waals surface area contributed by atoms with E-state index >= 15 is 0 Å². The number of tetrazole rings is 1. The molecular formula is C28H24F3N9O3. The highest BCUT2D eigenvalue weighted by Crippen LogP contribution is 2.30. The van der Waals surface area contributed by atoms with Gasteiger partial charge in [0.05, 0.1) is 17.8 Å². The first-order valence-corrected chi connectivity index (χ1v) is 13.3. The van der Waals surface area contributed by atoms with E-state index in [0.717, 1.165) is 11.8 Å². The Morgan fingerprint density at radius 2 is 1.79 bits per heavy atom. The van der Waals surface area contributed by atoms with E-state index in [-0.39, 0.29) is 46.8 Å². The Labute approximate surface area is 242 Å². The molecule has 5 aromatic rings. The van der Waals surface area contributed by atoms with Crippen LogP contribution in [0.1, 0.15) is 41.4 Å². The molecule has 1 aliphatic heterocycles. The Kier molecular flexibility index (Phi) is 7.54. The Hall–Kier alpha value is -5.18. The number of rotatable bonds is 7. The third-order valence-electron chi connectivity index (χ3n) is 6.96. The summed E-state index contributed by atoms with van der Waals surface area (Å²) in [4.78, 5) is 37.0. The molecule has 1 saturated heterocycles. The zero-order valence-electron chi connectivity index (χ0n) is 22.7. The molecule has 0 unspecified atom stereocenters. The first kappa shape index (κ1) is 28.0. The van der Waals surface area contributed by atoms with Crippen LogP contribution in [0.15, 0.2) is 65.2 Å². The molecule has 1 aliphatic rings. The van der Waals surface area contributed by atoms with Crippen molar-refractivity contribution in [3.8, 4) is 11.5 Å². The maximum absolute atomic E-state index is 14.8. The number of hydrogen-bond donors (Lipinski definition) is 1. The summed E-state index contributed by atoms with van der Waals surface area (Å²) in [7, 11) is 0. The van der Waals surface area contributed by atoms with Crippen molar-refractivity contribution in [3.63, 3.8) is 0 Å². The molecule has 1 N–H and O–H groups in total. The fourth-order valence-electron chi connectivity index (χ4n) is 4.98. The van der Waals surface area contributed by atoms with Crippen LogP contribution in [0.4, 0.5) is 18.9 Å². The predicted octanol–water partition coefficient (Wildman–Crippen LogP) is 3.92. The number of aromatic nitrogens is 6. The fourth-order valence-corrected chi connectivity index (χ4v) is 4.98. The highest BCUT2D eigenvalue weighted by molar-refractivity contribution is 5.94. The number of nitrogens with one attached hydrogen (secondary N) is 1. The summed E-state index contributed by atoms with van der Waals surface area (Å²) in [5.74, 6) is -1.30. The summed E-state index contributed by atoms with van der Waals surface area (Å²) >= 11 is 0. The van der Waals surface area contributed by atoms with Gasteiger partial charge in [-0.25, -0.2) is 14.4 Å². The number of anilines is 1. The Morgan fingerprint density at radius 3 is 2.49 bits per heavy atom. The van der Waals surface area contributed by atoms with Gasteiger partial charge >= 0.3 is 6.55 Å². The zero-order chi connectivity index (χ0) is 30.1. The quantitative estimate of drug-likeness (QED) is 0.299. The van der Waals surface area contributed by atoms with Crippen LogP contribution in [-0.4, -0.2) is 78.0 Å². The molecule has 220 valence electrons. The van der Waals surface area contributed by atoms with Gasteiger partial charge in [0.2, 0.25) is 11.8 Å². The second kappa shape index (κ2) is 11.6. The molecule has 3 aromatic heterocycles. The molecule has 0 saturated carbocycles. The number of carbonyl (C=O) groups excluding carboxylic acids is 2. The van der Waals surface area contributed by atoms with Crippen molar-refractivity contribution in [2.45, 2.75) is 19.5 Å². The molecular weight excluding hydrogens is 567 g/mol. The van der Waals surface area contributed by atoms with Gasteiger partial charge in [0.1, 0.15) is 11.2 Å². The van der Waals surface area contributed by atoms with E-state index in [1.807, 2.05) is 35.2 Å². The minimum atomic E-state index is -2.92. The van der Waals surface area contributed by atoms with E-state index in [1.54, 1.807) is 23.1 Å². The van der Waals surface area contributed by atoms with E-state index < -0.39 is 24.3 Å². The van der Waals surface area contributed by atoms with Gasteiger partial charge in [-0.15, -0.1) is 10.2 Å². The van der Waals surface area contributed by atoms with E-state index in [2.05, 4.69) is 30.7 Å². The van der Waals surface area contributed by atoms with Gasteiger partial charge in [0, 0.05) is 38.8 Å². The molecule has 15 heteroatoms. The minimum Gasteiger partial charge on any atom is -0.436 e. The number of benzene rings is 2. The van der Waals surface area contributed by atoms with Gasteiger partial charge < -0.3 is 14.6 Å². The highest BCUT2D eigenvalue weighted by atomic mass is 19.3. The minimum absolute atomic E-state index is 0.00666. The monoisotopic (exact) mass is 591 g/mol. The van der Waals surface area contributed by atoms with Gasteiger partial charge in [-0.05, 0) is 35.0 Å².